The molecule has 1 aromatic heterocycles. The molecule has 31 heavy (non-hydrogen) atoms. The highest BCUT2D eigenvalue weighted by molar-refractivity contribution is 6.06. The van der Waals surface area contributed by atoms with Crippen molar-refractivity contribution in [1.82, 2.24) is 15.6 Å². The van der Waals surface area contributed by atoms with E-state index < -0.39 is 0 Å². The maximum Gasteiger partial charge on any atom is 0.252 e. The number of hydrogen-bond acceptors (Lipinski definition) is 3. The van der Waals surface area contributed by atoms with Crippen molar-refractivity contribution in [2.75, 3.05) is 20.1 Å². The Bertz CT molecular complexity index is 881. The summed E-state index contributed by atoms with van der Waals surface area (Å²) in [5.74, 6) is 2.82. The second kappa shape index (κ2) is 10.1. The van der Waals surface area contributed by atoms with E-state index in [-0.39, 0.29) is 30.7 Å². The fraction of sp³-hybridized carbons (Fsp3) is 0.600. The third-order valence-electron chi connectivity index (χ3n) is 7.76. The maximum absolute atomic E-state index is 13.2. The fourth-order valence-electron chi connectivity index (χ4n) is 6.96. The van der Waals surface area contributed by atoms with Crippen molar-refractivity contribution in [3.63, 3.8) is 0 Å². The number of pyridine rings is 1. The molecule has 1 heterocycles. The van der Waals surface area contributed by atoms with Crippen LogP contribution in [0.15, 0.2) is 30.5 Å². The molecule has 4 bridgehead atoms. The van der Waals surface area contributed by atoms with Crippen LogP contribution in [0, 0.1) is 23.2 Å². The third kappa shape index (κ3) is 4.86. The van der Waals surface area contributed by atoms with Crippen molar-refractivity contribution in [2.24, 2.45) is 23.2 Å². The number of aromatic nitrogens is 1. The van der Waals surface area contributed by atoms with Crippen molar-refractivity contribution in [1.29, 1.82) is 0 Å². The lowest BCUT2D eigenvalue weighted by atomic mass is 9.49. The van der Waals surface area contributed by atoms with Crippen LogP contribution in [0.5, 0.6) is 0 Å². The molecule has 0 saturated heterocycles. The van der Waals surface area contributed by atoms with E-state index in [1.165, 1.54) is 44.1 Å². The Morgan fingerprint density at radius 2 is 1.74 bits per heavy atom. The van der Waals surface area contributed by atoms with Crippen molar-refractivity contribution in [3.8, 4) is 0 Å². The molecule has 0 unspecified atom stereocenters. The minimum atomic E-state index is 0. The topological polar surface area (TPSA) is 54.0 Å². The molecule has 6 rings (SSSR count). The molecular formula is C25H35Cl2N3O. The molecule has 0 spiro atoms. The van der Waals surface area contributed by atoms with Gasteiger partial charge in [-0.2, -0.15) is 0 Å². The molecule has 2 N–H and O–H groups in total. The monoisotopic (exact) mass is 463 g/mol. The number of nitrogens with one attached hydrogen (secondary N) is 2. The summed E-state index contributed by atoms with van der Waals surface area (Å²) >= 11 is 0. The Balaban J connectivity index is 0.00000136. The number of benzene rings is 1. The zero-order valence-electron chi connectivity index (χ0n) is 18.4. The number of para-hydroxylation sites is 1. The summed E-state index contributed by atoms with van der Waals surface area (Å²) in [6.45, 7) is 1.84. The highest BCUT2D eigenvalue weighted by Gasteiger charge is 2.50. The summed E-state index contributed by atoms with van der Waals surface area (Å²) in [6.07, 6.45) is 12.1. The number of nitrogens with zero attached hydrogens (tertiary/aromatic N) is 1. The van der Waals surface area contributed by atoms with Crippen LogP contribution in [0.2, 0.25) is 0 Å². The number of amides is 1. The molecule has 4 aliphatic rings. The second-order valence-corrected chi connectivity index (χ2v) is 9.98. The Hall–Kier alpha value is -1.36. The molecule has 4 aliphatic carbocycles. The van der Waals surface area contributed by atoms with E-state index in [2.05, 4.69) is 27.8 Å². The van der Waals surface area contributed by atoms with Crippen LogP contribution in [-0.2, 0) is 6.42 Å². The van der Waals surface area contributed by atoms with Gasteiger partial charge in [0.25, 0.3) is 5.91 Å². The molecule has 170 valence electrons. The van der Waals surface area contributed by atoms with Crippen LogP contribution < -0.4 is 10.6 Å². The molecule has 1 amide bonds. The first-order chi connectivity index (χ1) is 14.2. The van der Waals surface area contributed by atoms with E-state index in [1.54, 1.807) is 6.20 Å². The maximum atomic E-state index is 13.2. The van der Waals surface area contributed by atoms with Crippen LogP contribution >= 0.6 is 24.8 Å². The number of rotatable bonds is 7. The summed E-state index contributed by atoms with van der Waals surface area (Å²) < 4.78 is 0. The number of fused-ring (bicyclic) bond motifs is 1. The van der Waals surface area contributed by atoms with Crippen molar-refractivity contribution in [2.45, 2.75) is 51.4 Å². The molecule has 0 radical (unpaired) electrons. The predicted molar refractivity (Wildman–Crippen MR) is 131 cm³/mol. The normalized spacial score (nSPS) is 28.1. The average Bonchev–Trinajstić information content (AvgIpc) is 2.71. The van der Waals surface area contributed by atoms with Gasteiger partial charge in [-0.25, -0.2) is 0 Å². The lowest BCUT2D eigenvalue weighted by molar-refractivity contribution is -0.0503. The summed E-state index contributed by atoms with van der Waals surface area (Å²) in [4.78, 5) is 17.8. The van der Waals surface area contributed by atoms with Crippen LogP contribution in [0.3, 0.4) is 0 Å². The van der Waals surface area contributed by atoms with Crippen LogP contribution in [0.1, 0.15) is 60.9 Å². The quantitative estimate of drug-likeness (QED) is 0.556. The molecule has 4 fully saturated rings. The second-order valence-electron chi connectivity index (χ2n) is 9.98. The van der Waals surface area contributed by atoms with Gasteiger partial charge in [-0.15, -0.1) is 24.8 Å². The fourth-order valence-corrected chi connectivity index (χ4v) is 6.96. The molecule has 4 saturated carbocycles. The molecule has 4 nitrogen and oxygen atoms in total. The van der Waals surface area contributed by atoms with Crippen LogP contribution in [0.25, 0.3) is 10.9 Å². The highest BCUT2D eigenvalue weighted by atomic mass is 35.5. The number of halogens is 2. The smallest absolute Gasteiger partial charge is 0.252 e. The Kier molecular flexibility index (Phi) is 7.88. The van der Waals surface area contributed by atoms with Gasteiger partial charge in [0.1, 0.15) is 0 Å². The summed E-state index contributed by atoms with van der Waals surface area (Å²) in [7, 11) is 1.98. The van der Waals surface area contributed by atoms with E-state index in [0.717, 1.165) is 60.2 Å². The van der Waals surface area contributed by atoms with Gasteiger partial charge in [0, 0.05) is 18.1 Å². The molecule has 1 aromatic carbocycles. The number of aryl methyl sites for hydroxylation is 1. The highest BCUT2D eigenvalue weighted by Crippen LogP contribution is 2.59. The SMILES string of the molecule is CNCCCc1cccc2c(C(=O)NCC34CC5CC(CC(C5)C3)C4)ccnc12.Cl.Cl. The van der Waals surface area contributed by atoms with E-state index in [1.807, 2.05) is 19.2 Å². The summed E-state index contributed by atoms with van der Waals surface area (Å²) in [5, 5.41) is 7.53. The largest absolute Gasteiger partial charge is 0.351 e. The van der Waals surface area contributed by atoms with Gasteiger partial charge >= 0.3 is 0 Å². The summed E-state index contributed by atoms with van der Waals surface area (Å²) in [5.41, 5.74) is 3.35. The first-order valence-corrected chi connectivity index (χ1v) is 11.5. The minimum absolute atomic E-state index is 0. The minimum Gasteiger partial charge on any atom is -0.351 e. The van der Waals surface area contributed by atoms with E-state index >= 15 is 0 Å². The number of carbonyl (C=O) groups excluding carboxylic acids is 1. The molecule has 2 aromatic rings. The first-order valence-electron chi connectivity index (χ1n) is 11.5. The van der Waals surface area contributed by atoms with Gasteiger partial charge in [-0.1, -0.05) is 18.2 Å². The van der Waals surface area contributed by atoms with Gasteiger partial charge in [-0.3, -0.25) is 9.78 Å². The first kappa shape index (κ1) is 24.3. The molecule has 6 heteroatoms. The van der Waals surface area contributed by atoms with Gasteiger partial charge in [0.15, 0.2) is 0 Å². The zero-order valence-corrected chi connectivity index (χ0v) is 20.0. The van der Waals surface area contributed by atoms with Gasteiger partial charge in [0.05, 0.1) is 11.1 Å². The van der Waals surface area contributed by atoms with Crippen LogP contribution in [0.4, 0.5) is 0 Å². The lowest BCUT2D eigenvalue weighted by Gasteiger charge is -2.56. The molecule has 0 aliphatic heterocycles. The van der Waals surface area contributed by atoms with E-state index in [9.17, 15) is 4.79 Å². The number of hydrogen-bond donors (Lipinski definition) is 2. The van der Waals surface area contributed by atoms with Crippen molar-refractivity contribution in [3.05, 3.63) is 41.6 Å². The zero-order chi connectivity index (χ0) is 19.8. The number of carbonyl (C=O) groups is 1. The standard InChI is InChI=1S/C25H33N3O.2ClH/c1-26-8-3-5-20-4-2-6-21-22(7-9-27-23(20)21)24(29)28-16-25-13-17-10-18(14-25)12-19(11-17)15-25;;/h2,4,6-7,9,17-19,26H,3,5,8,10-16H2,1H3,(H,28,29);2*1H. The average molecular weight is 464 g/mol. The Morgan fingerprint density at radius 1 is 1.06 bits per heavy atom. The summed E-state index contributed by atoms with van der Waals surface area (Å²) in [6, 6.07) is 8.13. The van der Waals surface area contributed by atoms with E-state index in [4.69, 9.17) is 0 Å². The van der Waals surface area contributed by atoms with Crippen molar-refractivity contribution < 1.29 is 4.79 Å². The lowest BCUT2D eigenvalue weighted by Crippen LogP contribution is -2.51. The van der Waals surface area contributed by atoms with Crippen molar-refractivity contribution >= 4 is 41.6 Å². The molecule has 0 atom stereocenters. The Morgan fingerprint density at radius 3 is 2.39 bits per heavy atom. The van der Waals surface area contributed by atoms with E-state index in [0.29, 0.717) is 5.41 Å². The van der Waals surface area contributed by atoms with Gasteiger partial charge in [0.2, 0.25) is 0 Å². The van der Waals surface area contributed by atoms with Crippen LogP contribution in [-0.4, -0.2) is 31.0 Å². The third-order valence-corrected chi connectivity index (χ3v) is 7.76. The van der Waals surface area contributed by atoms with Gasteiger partial charge in [-0.05, 0) is 99.8 Å². The molecular weight excluding hydrogens is 429 g/mol. The Labute approximate surface area is 198 Å². The van der Waals surface area contributed by atoms with Gasteiger partial charge < -0.3 is 10.6 Å². The predicted octanol–water partition coefficient (Wildman–Crippen LogP) is 5.18.